The van der Waals surface area contributed by atoms with Crippen molar-refractivity contribution >= 4 is 33.7 Å². The van der Waals surface area contributed by atoms with Crippen LogP contribution >= 0.6 is 11.8 Å². The molecule has 2 aromatic rings. The second kappa shape index (κ2) is 6.18. The third-order valence-corrected chi connectivity index (χ3v) is 4.44. The van der Waals surface area contributed by atoms with E-state index in [4.69, 9.17) is 0 Å². The van der Waals surface area contributed by atoms with Crippen molar-refractivity contribution < 1.29 is 9.59 Å². The molecule has 3 rings (SSSR count). The number of fused-ring (bicyclic) bond motifs is 1. The molecule has 2 amide bonds. The first-order valence-electron chi connectivity index (χ1n) is 6.92. The van der Waals surface area contributed by atoms with Crippen molar-refractivity contribution in [2.24, 2.45) is 0 Å². The number of hydrogen-bond donors (Lipinski definition) is 2. The molecule has 1 aliphatic rings. The Bertz CT molecular complexity index is 682. The Labute approximate surface area is 127 Å². The Morgan fingerprint density at radius 2 is 2.05 bits per heavy atom. The molecular formula is C16H16N2O2S. The summed E-state index contributed by atoms with van der Waals surface area (Å²) in [6.45, 7) is 0.573. The summed E-state index contributed by atoms with van der Waals surface area (Å²) in [5, 5.41) is 7.84. The Morgan fingerprint density at radius 3 is 2.86 bits per heavy atom. The second-order valence-corrected chi connectivity index (χ2v) is 5.97. The zero-order chi connectivity index (χ0) is 14.7. The number of nitrogens with one attached hydrogen (secondary N) is 2. The zero-order valence-corrected chi connectivity index (χ0v) is 12.3. The Kier molecular flexibility index (Phi) is 4.10. The zero-order valence-electron chi connectivity index (χ0n) is 11.5. The van der Waals surface area contributed by atoms with Crippen molar-refractivity contribution in [3.05, 3.63) is 48.0 Å². The molecule has 2 N–H and O–H groups in total. The van der Waals surface area contributed by atoms with Crippen LogP contribution in [0.15, 0.2) is 42.5 Å². The lowest BCUT2D eigenvalue weighted by Gasteiger charge is -2.11. The molecule has 0 unspecified atom stereocenters. The van der Waals surface area contributed by atoms with Crippen molar-refractivity contribution in [1.29, 1.82) is 0 Å². The molecule has 0 radical (unpaired) electrons. The summed E-state index contributed by atoms with van der Waals surface area (Å²) in [6, 6.07) is 14.0. The van der Waals surface area contributed by atoms with Gasteiger partial charge in [0.05, 0.1) is 0 Å². The molecule has 1 heterocycles. The maximum atomic E-state index is 11.9. The fraction of sp³-hybridized carbons (Fsp3) is 0.250. The van der Waals surface area contributed by atoms with Crippen LogP contribution in [0.3, 0.4) is 0 Å². The predicted octanol–water partition coefficient (Wildman–Crippen LogP) is 2.32. The topological polar surface area (TPSA) is 58.2 Å². The minimum Gasteiger partial charge on any atom is -0.354 e. The highest BCUT2D eigenvalue weighted by molar-refractivity contribution is 8.14. The molecule has 1 saturated heterocycles. The van der Waals surface area contributed by atoms with E-state index in [0.717, 1.165) is 18.2 Å². The van der Waals surface area contributed by atoms with E-state index < -0.39 is 6.04 Å². The Balaban J connectivity index is 1.59. The molecular weight excluding hydrogens is 284 g/mol. The molecule has 21 heavy (non-hydrogen) atoms. The van der Waals surface area contributed by atoms with Crippen LogP contribution in [0.1, 0.15) is 5.56 Å². The van der Waals surface area contributed by atoms with Crippen LogP contribution in [0, 0.1) is 0 Å². The van der Waals surface area contributed by atoms with Gasteiger partial charge >= 0.3 is 0 Å². The van der Waals surface area contributed by atoms with Gasteiger partial charge in [-0.3, -0.25) is 9.59 Å². The van der Waals surface area contributed by atoms with Crippen LogP contribution in [0.5, 0.6) is 0 Å². The molecule has 1 aliphatic heterocycles. The molecule has 0 aromatic heterocycles. The van der Waals surface area contributed by atoms with Gasteiger partial charge in [0.2, 0.25) is 5.91 Å². The van der Waals surface area contributed by atoms with Crippen molar-refractivity contribution in [3.8, 4) is 0 Å². The van der Waals surface area contributed by atoms with Crippen molar-refractivity contribution in [2.75, 3.05) is 12.3 Å². The van der Waals surface area contributed by atoms with Gasteiger partial charge in [0.1, 0.15) is 6.04 Å². The van der Waals surface area contributed by atoms with Gasteiger partial charge in [-0.25, -0.2) is 0 Å². The lowest BCUT2D eigenvalue weighted by molar-refractivity contribution is -0.122. The maximum Gasteiger partial charge on any atom is 0.279 e. The van der Waals surface area contributed by atoms with Gasteiger partial charge in [0.15, 0.2) is 0 Å². The SMILES string of the molecule is O=C1N[C@@H](C(=O)NCCc2cccc3ccccc23)CS1. The first-order valence-corrected chi connectivity index (χ1v) is 7.90. The van der Waals surface area contributed by atoms with Gasteiger partial charge in [0, 0.05) is 12.3 Å². The van der Waals surface area contributed by atoms with Crippen LogP contribution in [0.4, 0.5) is 4.79 Å². The van der Waals surface area contributed by atoms with E-state index in [1.807, 2.05) is 18.2 Å². The standard InChI is InChI=1S/C16H16N2O2S/c19-15(14-10-21-16(20)18-14)17-9-8-12-6-3-5-11-4-1-2-7-13(11)12/h1-7,14H,8-10H2,(H,17,19)(H,18,20)/t14-/m1/s1. The summed E-state index contributed by atoms with van der Waals surface area (Å²) < 4.78 is 0. The maximum absolute atomic E-state index is 11.9. The van der Waals surface area contributed by atoms with Gasteiger partial charge in [-0.15, -0.1) is 0 Å². The number of carbonyl (C=O) groups is 2. The highest BCUT2D eigenvalue weighted by Gasteiger charge is 2.27. The molecule has 1 atom stereocenters. The molecule has 2 aromatic carbocycles. The quantitative estimate of drug-likeness (QED) is 0.911. The van der Waals surface area contributed by atoms with E-state index in [9.17, 15) is 9.59 Å². The molecule has 0 spiro atoms. The van der Waals surface area contributed by atoms with Crippen LogP contribution in [0.2, 0.25) is 0 Å². The number of thioether (sulfide) groups is 1. The summed E-state index contributed by atoms with van der Waals surface area (Å²) in [6.07, 6.45) is 0.779. The lowest BCUT2D eigenvalue weighted by Crippen LogP contribution is -2.43. The average Bonchev–Trinajstić information content (AvgIpc) is 2.94. The molecule has 1 fully saturated rings. The summed E-state index contributed by atoms with van der Waals surface area (Å²) in [5.41, 5.74) is 1.22. The van der Waals surface area contributed by atoms with E-state index in [0.29, 0.717) is 12.3 Å². The fourth-order valence-electron chi connectivity index (χ4n) is 2.48. The second-order valence-electron chi connectivity index (χ2n) is 4.97. The van der Waals surface area contributed by atoms with Gasteiger partial charge < -0.3 is 10.6 Å². The monoisotopic (exact) mass is 300 g/mol. The summed E-state index contributed by atoms with van der Waals surface area (Å²) in [4.78, 5) is 23.0. The number of amides is 2. The third kappa shape index (κ3) is 3.19. The van der Waals surface area contributed by atoms with Crippen LogP contribution in [0.25, 0.3) is 10.8 Å². The van der Waals surface area contributed by atoms with Gasteiger partial charge in [0.25, 0.3) is 5.24 Å². The van der Waals surface area contributed by atoms with Gasteiger partial charge in [-0.05, 0) is 22.8 Å². The Morgan fingerprint density at radius 1 is 1.24 bits per heavy atom. The number of hydrogen-bond acceptors (Lipinski definition) is 3. The van der Waals surface area contributed by atoms with Crippen LogP contribution in [-0.4, -0.2) is 29.5 Å². The van der Waals surface area contributed by atoms with E-state index >= 15 is 0 Å². The van der Waals surface area contributed by atoms with Gasteiger partial charge in [-0.1, -0.05) is 54.2 Å². The predicted molar refractivity (Wildman–Crippen MR) is 85.4 cm³/mol. The average molecular weight is 300 g/mol. The van der Waals surface area contributed by atoms with E-state index in [2.05, 4.69) is 34.9 Å². The minimum absolute atomic E-state index is 0.103. The smallest absolute Gasteiger partial charge is 0.279 e. The molecule has 108 valence electrons. The van der Waals surface area contributed by atoms with Crippen molar-refractivity contribution in [2.45, 2.75) is 12.5 Å². The summed E-state index contributed by atoms with van der Waals surface area (Å²) >= 11 is 1.15. The van der Waals surface area contributed by atoms with E-state index in [-0.39, 0.29) is 11.1 Å². The Hall–Kier alpha value is -2.01. The highest BCUT2D eigenvalue weighted by atomic mass is 32.2. The van der Waals surface area contributed by atoms with Crippen molar-refractivity contribution in [3.63, 3.8) is 0 Å². The number of rotatable bonds is 4. The third-order valence-electron chi connectivity index (χ3n) is 3.56. The molecule has 0 bridgehead atoms. The number of benzene rings is 2. The van der Waals surface area contributed by atoms with E-state index in [1.165, 1.54) is 16.3 Å². The molecule has 0 saturated carbocycles. The fourth-order valence-corrected chi connectivity index (χ4v) is 3.26. The molecule has 0 aliphatic carbocycles. The van der Waals surface area contributed by atoms with E-state index in [1.54, 1.807) is 0 Å². The molecule has 5 heteroatoms. The first-order chi connectivity index (χ1) is 10.2. The normalized spacial score (nSPS) is 17.7. The minimum atomic E-state index is -0.394. The van der Waals surface area contributed by atoms with Crippen molar-refractivity contribution in [1.82, 2.24) is 10.6 Å². The largest absolute Gasteiger partial charge is 0.354 e. The highest BCUT2D eigenvalue weighted by Crippen LogP contribution is 2.18. The summed E-state index contributed by atoms with van der Waals surface area (Å²) in [5.74, 6) is 0.410. The number of carbonyl (C=O) groups excluding carboxylic acids is 2. The summed E-state index contributed by atoms with van der Waals surface area (Å²) in [7, 11) is 0. The van der Waals surface area contributed by atoms with Crippen LogP contribution in [-0.2, 0) is 11.2 Å². The first kappa shape index (κ1) is 13.9. The lowest BCUT2D eigenvalue weighted by atomic mass is 10.0. The molecule has 4 nitrogen and oxygen atoms in total. The van der Waals surface area contributed by atoms with Crippen LogP contribution < -0.4 is 10.6 Å². The van der Waals surface area contributed by atoms with Gasteiger partial charge in [-0.2, -0.15) is 0 Å².